The number of carbonyl (C=O) groups excluding carboxylic acids is 1. The minimum atomic E-state index is -4.43. The summed E-state index contributed by atoms with van der Waals surface area (Å²) < 4.78 is 37.5. The number of hydrogen-bond acceptors (Lipinski definition) is 3. The van der Waals surface area contributed by atoms with Gasteiger partial charge in [0.05, 0.1) is 6.54 Å². The van der Waals surface area contributed by atoms with Gasteiger partial charge in [0.1, 0.15) is 5.01 Å². The SMILES string of the molecule is O=C(NCc1nc(C(F)(F)F)cs1)N1CCC[C@@H]2CCC[C@H]21. The lowest BCUT2D eigenvalue weighted by Gasteiger charge is -2.37. The van der Waals surface area contributed by atoms with Gasteiger partial charge in [0, 0.05) is 18.0 Å². The number of thiazole rings is 1. The molecule has 1 aliphatic carbocycles. The molecule has 0 aromatic carbocycles. The molecule has 0 spiro atoms. The Morgan fingerprint density at radius 2 is 2.14 bits per heavy atom. The maximum atomic E-state index is 12.5. The maximum Gasteiger partial charge on any atom is 0.434 e. The van der Waals surface area contributed by atoms with Crippen LogP contribution in [-0.2, 0) is 12.7 Å². The fourth-order valence-electron chi connectivity index (χ4n) is 3.48. The number of piperidine rings is 1. The second-order valence-corrected chi connectivity index (χ2v) is 6.82. The molecule has 1 aromatic rings. The molecule has 0 radical (unpaired) electrons. The number of amides is 2. The number of fused-ring (bicyclic) bond motifs is 1. The Hall–Kier alpha value is -1.31. The summed E-state index contributed by atoms with van der Waals surface area (Å²) in [7, 11) is 0. The Morgan fingerprint density at radius 1 is 1.36 bits per heavy atom. The van der Waals surface area contributed by atoms with Crippen molar-refractivity contribution < 1.29 is 18.0 Å². The van der Waals surface area contributed by atoms with Crippen LogP contribution in [0.3, 0.4) is 0 Å². The van der Waals surface area contributed by atoms with E-state index in [9.17, 15) is 18.0 Å². The molecule has 2 fully saturated rings. The fourth-order valence-corrected chi connectivity index (χ4v) is 4.22. The molecule has 22 heavy (non-hydrogen) atoms. The molecular weight excluding hydrogens is 315 g/mol. The number of nitrogens with zero attached hydrogens (tertiary/aromatic N) is 2. The Morgan fingerprint density at radius 3 is 2.86 bits per heavy atom. The third-order valence-electron chi connectivity index (χ3n) is 4.49. The summed E-state index contributed by atoms with van der Waals surface area (Å²) in [6, 6.07) is 0.121. The van der Waals surface area contributed by atoms with E-state index >= 15 is 0 Å². The number of likely N-dealkylation sites (tertiary alicyclic amines) is 1. The first-order valence-electron chi connectivity index (χ1n) is 7.51. The highest BCUT2D eigenvalue weighted by Crippen LogP contribution is 2.36. The largest absolute Gasteiger partial charge is 0.434 e. The van der Waals surface area contributed by atoms with Gasteiger partial charge in [0.25, 0.3) is 0 Å². The van der Waals surface area contributed by atoms with Gasteiger partial charge in [0.2, 0.25) is 0 Å². The van der Waals surface area contributed by atoms with Crippen molar-refractivity contribution in [3.05, 3.63) is 16.1 Å². The van der Waals surface area contributed by atoms with Crippen molar-refractivity contribution in [2.75, 3.05) is 6.54 Å². The van der Waals surface area contributed by atoms with Crippen LogP contribution < -0.4 is 5.32 Å². The van der Waals surface area contributed by atoms with Gasteiger partial charge in [-0.25, -0.2) is 9.78 Å². The molecule has 2 amide bonds. The molecule has 8 heteroatoms. The zero-order chi connectivity index (χ0) is 15.7. The number of carbonyl (C=O) groups is 1. The Balaban J connectivity index is 1.57. The van der Waals surface area contributed by atoms with Crippen molar-refractivity contribution in [2.24, 2.45) is 5.92 Å². The summed E-state index contributed by atoms with van der Waals surface area (Å²) in [6.45, 7) is 0.784. The third kappa shape index (κ3) is 3.21. The predicted octanol–water partition coefficient (Wildman–Crippen LogP) is 3.64. The Kier molecular flexibility index (Phi) is 4.29. The van der Waals surface area contributed by atoms with E-state index in [4.69, 9.17) is 0 Å². The molecule has 2 heterocycles. The van der Waals surface area contributed by atoms with Crippen LogP contribution in [0.2, 0.25) is 0 Å². The molecule has 122 valence electrons. The minimum absolute atomic E-state index is 0.0491. The summed E-state index contributed by atoms with van der Waals surface area (Å²) in [6.07, 6.45) is 1.12. The van der Waals surface area contributed by atoms with Crippen LogP contribution in [-0.4, -0.2) is 28.5 Å². The van der Waals surface area contributed by atoms with Crippen molar-refractivity contribution in [1.82, 2.24) is 15.2 Å². The lowest BCUT2D eigenvalue weighted by Crippen LogP contribution is -2.50. The Bertz CT molecular complexity index is 546. The van der Waals surface area contributed by atoms with Crippen LogP contribution >= 0.6 is 11.3 Å². The predicted molar refractivity (Wildman–Crippen MR) is 76.4 cm³/mol. The number of urea groups is 1. The molecule has 4 nitrogen and oxygen atoms in total. The summed E-state index contributed by atoms with van der Waals surface area (Å²) in [5.41, 5.74) is -0.893. The third-order valence-corrected chi connectivity index (χ3v) is 5.34. The standard InChI is InChI=1S/C14H18F3N3OS/c15-14(16,17)11-8-22-12(19-11)7-18-13(21)20-6-2-4-9-3-1-5-10(9)20/h8-10H,1-7H2,(H,18,21)/t9-,10+/m0/s1. The number of alkyl halides is 3. The van der Waals surface area contributed by atoms with Crippen molar-refractivity contribution >= 4 is 17.4 Å². The van der Waals surface area contributed by atoms with Gasteiger partial charge < -0.3 is 10.2 Å². The van der Waals surface area contributed by atoms with E-state index in [-0.39, 0.29) is 17.6 Å². The molecule has 1 saturated heterocycles. The molecule has 1 aromatic heterocycles. The molecule has 0 bridgehead atoms. The van der Waals surface area contributed by atoms with Gasteiger partial charge in [-0.3, -0.25) is 0 Å². The van der Waals surface area contributed by atoms with Crippen LogP contribution in [0.15, 0.2) is 5.38 Å². The van der Waals surface area contributed by atoms with Crippen LogP contribution in [0.5, 0.6) is 0 Å². The zero-order valence-corrected chi connectivity index (χ0v) is 12.8. The highest BCUT2D eigenvalue weighted by Gasteiger charge is 2.37. The normalized spacial score (nSPS) is 25.1. The second kappa shape index (κ2) is 6.06. The summed E-state index contributed by atoms with van der Waals surface area (Å²) >= 11 is 0.920. The highest BCUT2D eigenvalue weighted by molar-refractivity contribution is 7.09. The topological polar surface area (TPSA) is 45.2 Å². The summed E-state index contributed by atoms with van der Waals surface area (Å²) in [5, 5.41) is 3.97. The molecule has 1 N–H and O–H groups in total. The molecule has 0 unspecified atom stereocenters. The smallest absolute Gasteiger partial charge is 0.331 e. The van der Waals surface area contributed by atoms with E-state index < -0.39 is 11.9 Å². The van der Waals surface area contributed by atoms with Gasteiger partial charge in [-0.2, -0.15) is 13.2 Å². The number of halogens is 3. The molecule has 1 saturated carbocycles. The first-order chi connectivity index (χ1) is 10.4. The van der Waals surface area contributed by atoms with E-state index in [1.54, 1.807) is 0 Å². The van der Waals surface area contributed by atoms with E-state index in [0.29, 0.717) is 12.0 Å². The van der Waals surface area contributed by atoms with E-state index in [0.717, 1.165) is 42.5 Å². The first kappa shape index (κ1) is 15.6. The minimum Gasteiger partial charge on any atom is -0.331 e. The summed E-state index contributed by atoms with van der Waals surface area (Å²) in [4.78, 5) is 17.7. The van der Waals surface area contributed by atoms with Crippen molar-refractivity contribution in [1.29, 1.82) is 0 Å². The van der Waals surface area contributed by atoms with E-state index in [1.165, 1.54) is 12.8 Å². The molecule has 2 aliphatic rings. The van der Waals surface area contributed by atoms with Crippen LogP contribution in [0, 0.1) is 5.92 Å². The average molecular weight is 333 g/mol. The maximum absolute atomic E-state index is 12.5. The molecular formula is C14H18F3N3OS. The van der Waals surface area contributed by atoms with Gasteiger partial charge in [-0.15, -0.1) is 11.3 Å². The number of nitrogens with one attached hydrogen (secondary N) is 1. The van der Waals surface area contributed by atoms with E-state index in [2.05, 4.69) is 10.3 Å². The lowest BCUT2D eigenvalue weighted by molar-refractivity contribution is -0.140. The molecule has 2 atom stereocenters. The van der Waals surface area contributed by atoms with Crippen LogP contribution in [0.4, 0.5) is 18.0 Å². The lowest BCUT2D eigenvalue weighted by atomic mass is 9.92. The Labute approximate surface area is 130 Å². The second-order valence-electron chi connectivity index (χ2n) is 5.88. The zero-order valence-electron chi connectivity index (χ0n) is 12.0. The van der Waals surface area contributed by atoms with Crippen LogP contribution in [0.25, 0.3) is 0 Å². The summed E-state index contributed by atoms with van der Waals surface area (Å²) in [5.74, 6) is 0.594. The van der Waals surface area contributed by atoms with Crippen molar-refractivity contribution in [3.8, 4) is 0 Å². The van der Waals surface area contributed by atoms with Gasteiger partial charge >= 0.3 is 12.2 Å². The first-order valence-corrected chi connectivity index (χ1v) is 8.39. The number of hydrogen-bond donors (Lipinski definition) is 1. The monoisotopic (exact) mass is 333 g/mol. The highest BCUT2D eigenvalue weighted by atomic mass is 32.1. The molecule has 3 rings (SSSR count). The molecule has 1 aliphatic heterocycles. The number of aromatic nitrogens is 1. The fraction of sp³-hybridized carbons (Fsp3) is 0.714. The van der Waals surface area contributed by atoms with Gasteiger partial charge in [-0.05, 0) is 31.6 Å². The van der Waals surface area contributed by atoms with Crippen LogP contribution in [0.1, 0.15) is 42.8 Å². The van der Waals surface area contributed by atoms with Crippen molar-refractivity contribution in [2.45, 2.75) is 50.9 Å². The van der Waals surface area contributed by atoms with Gasteiger partial charge in [0.15, 0.2) is 5.69 Å². The number of rotatable bonds is 2. The van der Waals surface area contributed by atoms with Gasteiger partial charge in [-0.1, -0.05) is 6.42 Å². The van der Waals surface area contributed by atoms with Crippen molar-refractivity contribution in [3.63, 3.8) is 0 Å². The average Bonchev–Trinajstić information content (AvgIpc) is 3.12. The van der Waals surface area contributed by atoms with E-state index in [1.807, 2.05) is 4.90 Å². The quantitative estimate of drug-likeness (QED) is 0.898.